The van der Waals surface area contributed by atoms with Gasteiger partial charge >= 0.3 is 0 Å². The van der Waals surface area contributed by atoms with E-state index >= 15 is 0 Å². The molecule has 0 bridgehead atoms. The fraction of sp³-hybridized carbons (Fsp3) is 0.263. The highest BCUT2D eigenvalue weighted by molar-refractivity contribution is 6.21. The van der Waals surface area contributed by atoms with Gasteiger partial charge in [0.15, 0.2) is 0 Å². The molecule has 2 aromatic rings. The molecular weight excluding hydrogens is 306 g/mol. The van der Waals surface area contributed by atoms with Crippen LogP contribution in [-0.4, -0.2) is 41.6 Å². The van der Waals surface area contributed by atoms with Crippen molar-refractivity contribution in [3.63, 3.8) is 0 Å². The third-order valence-corrected chi connectivity index (χ3v) is 4.26. The summed E-state index contributed by atoms with van der Waals surface area (Å²) in [5.41, 5.74) is 1.80. The molecule has 0 aliphatic carbocycles. The van der Waals surface area contributed by atoms with E-state index in [1.54, 1.807) is 31.4 Å². The van der Waals surface area contributed by atoms with Gasteiger partial charge in [0.2, 0.25) is 0 Å². The molecule has 0 unspecified atom stereocenters. The Labute approximate surface area is 140 Å². The first kappa shape index (κ1) is 16.2. The molecule has 0 spiro atoms. The number of hydrogen-bond acceptors (Lipinski definition) is 4. The van der Waals surface area contributed by atoms with Gasteiger partial charge in [0, 0.05) is 12.6 Å². The lowest BCUT2D eigenvalue weighted by atomic mass is 10.0. The van der Waals surface area contributed by atoms with Gasteiger partial charge in [-0.05, 0) is 42.7 Å². The third kappa shape index (κ3) is 2.90. The average molecular weight is 325 g/mol. The molecule has 1 heterocycles. The van der Waals surface area contributed by atoms with Crippen LogP contribution in [-0.2, 0) is 6.42 Å². The van der Waals surface area contributed by atoms with Gasteiger partial charge in [0.25, 0.3) is 11.8 Å². The standard InChI is InChI=1S/C19H19NO4/c1-24-15-6-4-5-13(12-15)11-14(9-10-21)20-18(22)16-7-2-3-8-17(16)19(20)23/h2-8,12,14,21H,9-11H2,1H3/t14-/m0/s1. The molecule has 2 aromatic carbocycles. The van der Waals surface area contributed by atoms with Gasteiger partial charge in [-0.25, -0.2) is 0 Å². The number of carbonyl (C=O) groups excluding carboxylic acids is 2. The van der Waals surface area contributed by atoms with Crippen LogP contribution in [0.25, 0.3) is 0 Å². The van der Waals surface area contributed by atoms with Gasteiger partial charge < -0.3 is 9.84 Å². The van der Waals surface area contributed by atoms with Gasteiger partial charge in [0.05, 0.1) is 18.2 Å². The highest BCUT2D eigenvalue weighted by Gasteiger charge is 2.39. The van der Waals surface area contributed by atoms with Crippen molar-refractivity contribution in [1.82, 2.24) is 4.90 Å². The number of methoxy groups -OCH3 is 1. The molecule has 5 heteroatoms. The SMILES string of the molecule is COc1cccc(C[C@H](CCO)N2C(=O)c3ccccc3C2=O)c1. The van der Waals surface area contributed by atoms with Gasteiger partial charge in [-0.3, -0.25) is 14.5 Å². The predicted molar refractivity (Wildman–Crippen MR) is 89.1 cm³/mol. The topological polar surface area (TPSA) is 66.8 Å². The first-order valence-corrected chi connectivity index (χ1v) is 7.86. The number of fused-ring (bicyclic) bond motifs is 1. The van der Waals surface area contributed by atoms with Crippen LogP contribution in [0.4, 0.5) is 0 Å². The number of carbonyl (C=O) groups is 2. The van der Waals surface area contributed by atoms with E-state index in [9.17, 15) is 14.7 Å². The summed E-state index contributed by atoms with van der Waals surface area (Å²) in [6.07, 6.45) is 0.811. The number of benzene rings is 2. The number of aliphatic hydroxyl groups excluding tert-OH is 1. The molecule has 2 amide bonds. The molecule has 124 valence electrons. The molecule has 0 fully saturated rings. The van der Waals surface area contributed by atoms with E-state index in [-0.39, 0.29) is 18.4 Å². The minimum absolute atomic E-state index is 0.0952. The Hall–Kier alpha value is -2.66. The van der Waals surface area contributed by atoms with Gasteiger partial charge in [-0.15, -0.1) is 0 Å². The molecule has 1 aliphatic rings. The summed E-state index contributed by atoms with van der Waals surface area (Å²) in [5.74, 6) is 0.131. The van der Waals surface area contributed by atoms with Crippen molar-refractivity contribution < 1.29 is 19.4 Å². The molecule has 0 radical (unpaired) electrons. The zero-order chi connectivity index (χ0) is 17.1. The number of aliphatic hydroxyl groups is 1. The number of nitrogens with zero attached hydrogens (tertiary/aromatic N) is 1. The molecule has 5 nitrogen and oxygen atoms in total. The van der Waals surface area contributed by atoms with Crippen molar-refractivity contribution in [1.29, 1.82) is 0 Å². The van der Waals surface area contributed by atoms with Crippen LogP contribution < -0.4 is 4.74 Å². The Balaban J connectivity index is 1.89. The Bertz CT molecular complexity index is 736. The minimum Gasteiger partial charge on any atom is -0.497 e. The second kappa shape index (κ2) is 6.84. The Morgan fingerprint density at radius 2 is 1.71 bits per heavy atom. The van der Waals surface area contributed by atoms with Gasteiger partial charge in [0.1, 0.15) is 5.75 Å². The molecule has 0 saturated carbocycles. The van der Waals surface area contributed by atoms with Crippen molar-refractivity contribution in [2.75, 3.05) is 13.7 Å². The summed E-state index contributed by atoms with van der Waals surface area (Å²) >= 11 is 0. The van der Waals surface area contributed by atoms with Gasteiger partial charge in [-0.2, -0.15) is 0 Å². The maximum atomic E-state index is 12.6. The van der Waals surface area contributed by atoms with Crippen LogP contribution in [0.3, 0.4) is 0 Å². The number of amides is 2. The maximum Gasteiger partial charge on any atom is 0.261 e. The number of hydrogen-bond donors (Lipinski definition) is 1. The van der Waals surface area contributed by atoms with Crippen LogP contribution in [0.1, 0.15) is 32.7 Å². The summed E-state index contributed by atoms with van der Waals surface area (Å²) in [4.78, 5) is 26.5. The second-order valence-corrected chi connectivity index (χ2v) is 5.75. The average Bonchev–Trinajstić information content (AvgIpc) is 2.86. The summed E-state index contributed by atoms with van der Waals surface area (Å²) in [6.45, 7) is -0.0952. The predicted octanol–water partition coefficient (Wildman–Crippen LogP) is 2.28. The lowest BCUT2D eigenvalue weighted by Crippen LogP contribution is -2.41. The molecule has 0 saturated heterocycles. The van der Waals surface area contributed by atoms with Crippen LogP contribution in [0.2, 0.25) is 0 Å². The maximum absolute atomic E-state index is 12.6. The molecule has 3 rings (SSSR count). The van der Waals surface area contributed by atoms with E-state index in [1.165, 1.54) is 4.90 Å². The van der Waals surface area contributed by atoms with E-state index in [1.807, 2.05) is 24.3 Å². The first-order valence-electron chi connectivity index (χ1n) is 7.86. The molecule has 1 atom stereocenters. The summed E-state index contributed by atoms with van der Waals surface area (Å²) < 4.78 is 5.22. The van der Waals surface area contributed by atoms with E-state index in [2.05, 4.69) is 0 Å². The lowest BCUT2D eigenvalue weighted by molar-refractivity contribution is 0.0560. The molecule has 24 heavy (non-hydrogen) atoms. The largest absolute Gasteiger partial charge is 0.497 e. The second-order valence-electron chi connectivity index (χ2n) is 5.75. The monoisotopic (exact) mass is 325 g/mol. The first-order chi connectivity index (χ1) is 11.7. The zero-order valence-electron chi connectivity index (χ0n) is 13.4. The van der Waals surface area contributed by atoms with E-state index < -0.39 is 6.04 Å². The number of imide groups is 1. The van der Waals surface area contributed by atoms with Crippen molar-refractivity contribution in [3.8, 4) is 5.75 Å². The van der Waals surface area contributed by atoms with E-state index in [0.29, 0.717) is 24.0 Å². The van der Waals surface area contributed by atoms with E-state index in [0.717, 1.165) is 11.3 Å². The van der Waals surface area contributed by atoms with Crippen molar-refractivity contribution in [2.45, 2.75) is 18.9 Å². The quantitative estimate of drug-likeness (QED) is 0.828. The summed E-state index contributed by atoms with van der Waals surface area (Å²) in [5, 5.41) is 9.39. The number of ether oxygens (including phenoxy) is 1. The van der Waals surface area contributed by atoms with Gasteiger partial charge in [-0.1, -0.05) is 24.3 Å². The Morgan fingerprint density at radius 3 is 2.29 bits per heavy atom. The highest BCUT2D eigenvalue weighted by atomic mass is 16.5. The summed E-state index contributed by atoms with van der Waals surface area (Å²) in [7, 11) is 1.59. The smallest absolute Gasteiger partial charge is 0.261 e. The molecule has 1 N–H and O–H groups in total. The van der Waals surface area contributed by atoms with Crippen molar-refractivity contribution in [3.05, 3.63) is 65.2 Å². The third-order valence-electron chi connectivity index (χ3n) is 4.26. The Morgan fingerprint density at radius 1 is 1.04 bits per heavy atom. The highest BCUT2D eigenvalue weighted by Crippen LogP contribution is 2.27. The van der Waals surface area contributed by atoms with Crippen LogP contribution in [0.15, 0.2) is 48.5 Å². The van der Waals surface area contributed by atoms with Crippen molar-refractivity contribution >= 4 is 11.8 Å². The summed E-state index contributed by atoms with van der Waals surface area (Å²) in [6, 6.07) is 13.9. The fourth-order valence-corrected chi connectivity index (χ4v) is 3.08. The molecule has 1 aliphatic heterocycles. The van der Waals surface area contributed by atoms with E-state index in [4.69, 9.17) is 4.74 Å². The molecular formula is C19H19NO4. The minimum atomic E-state index is -0.394. The zero-order valence-corrected chi connectivity index (χ0v) is 13.4. The van der Waals surface area contributed by atoms with Crippen LogP contribution >= 0.6 is 0 Å². The Kier molecular flexibility index (Phi) is 4.62. The molecule has 0 aromatic heterocycles. The normalized spacial score (nSPS) is 14.7. The number of rotatable bonds is 6. The fourth-order valence-electron chi connectivity index (χ4n) is 3.08. The van der Waals surface area contributed by atoms with Crippen LogP contribution in [0.5, 0.6) is 5.75 Å². The van der Waals surface area contributed by atoms with Crippen molar-refractivity contribution in [2.24, 2.45) is 0 Å². The lowest BCUT2D eigenvalue weighted by Gasteiger charge is -2.26. The van der Waals surface area contributed by atoms with Crippen LogP contribution in [0, 0.1) is 0 Å².